The number of hydrogen-bond donors (Lipinski definition) is 0. The maximum atomic E-state index is 8.94. The molecule has 7 heteroatoms. The molecule has 2 aromatic heterocycles. The van der Waals surface area contributed by atoms with Gasteiger partial charge in [-0.05, 0) is 40.4 Å². The summed E-state index contributed by atoms with van der Waals surface area (Å²) < 4.78 is 2.09. The number of benzene rings is 2. The van der Waals surface area contributed by atoms with Gasteiger partial charge in [0.05, 0.1) is 6.54 Å². The van der Waals surface area contributed by atoms with E-state index >= 15 is 0 Å². The number of rotatable bonds is 5. The highest BCUT2D eigenvalue weighted by Gasteiger charge is 2.18. The van der Waals surface area contributed by atoms with Crippen molar-refractivity contribution in [3.8, 4) is 17.5 Å². The lowest BCUT2D eigenvalue weighted by atomic mass is 9.87. The van der Waals surface area contributed by atoms with Gasteiger partial charge in [-0.15, -0.1) is 20.4 Å². The molecule has 6 nitrogen and oxygen atoms in total. The third-order valence-corrected chi connectivity index (χ3v) is 5.77. The maximum absolute atomic E-state index is 8.94. The Kier molecular flexibility index (Phi) is 5.83. The minimum atomic E-state index is 0.0888. The van der Waals surface area contributed by atoms with Crippen LogP contribution in [0.5, 0.6) is 0 Å². The van der Waals surface area contributed by atoms with Gasteiger partial charge in [0, 0.05) is 5.56 Å². The number of aromatic nitrogens is 5. The molecular weight excluding hydrogens is 404 g/mol. The van der Waals surface area contributed by atoms with Crippen LogP contribution in [0.25, 0.3) is 11.4 Å². The summed E-state index contributed by atoms with van der Waals surface area (Å²) in [5, 5.41) is 27.3. The van der Waals surface area contributed by atoms with Crippen LogP contribution in [-0.4, -0.2) is 25.0 Å². The summed E-state index contributed by atoms with van der Waals surface area (Å²) >= 11 is 1.38. The molecule has 0 aliphatic heterocycles. The monoisotopic (exact) mass is 426 g/mol. The van der Waals surface area contributed by atoms with Gasteiger partial charge in [0.2, 0.25) is 0 Å². The highest BCUT2D eigenvalue weighted by molar-refractivity contribution is 7.99. The molecule has 0 saturated carbocycles. The molecule has 0 aliphatic rings. The Hall–Kier alpha value is -3.50. The van der Waals surface area contributed by atoms with Gasteiger partial charge in [0.1, 0.15) is 11.1 Å². The zero-order chi connectivity index (χ0) is 21.8. The Bertz CT molecular complexity index is 1200. The SMILES string of the molecule is CC(C)(C)c1ccc(-c2nnc(Sc3ccc(C#N)nn3)n2Cc2ccccc2)cc1. The van der Waals surface area contributed by atoms with Crippen molar-refractivity contribution in [3.05, 3.63) is 83.6 Å². The van der Waals surface area contributed by atoms with E-state index in [1.165, 1.54) is 17.3 Å². The lowest BCUT2D eigenvalue weighted by Gasteiger charge is -2.19. The van der Waals surface area contributed by atoms with Crippen LogP contribution >= 0.6 is 11.8 Å². The lowest BCUT2D eigenvalue weighted by Crippen LogP contribution is -2.10. The third kappa shape index (κ3) is 4.81. The highest BCUT2D eigenvalue weighted by atomic mass is 32.2. The first-order valence-electron chi connectivity index (χ1n) is 9.94. The van der Waals surface area contributed by atoms with E-state index in [1.54, 1.807) is 12.1 Å². The lowest BCUT2D eigenvalue weighted by molar-refractivity contribution is 0.590. The van der Waals surface area contributed by atoms with Gasteiger partial charge in [-0.25, -0.2) is 0 Å². The van der Waals surface area contributed by atoms with Crippen LogP contribution in [0.4, 0.5) is 0 Å². The quantitative estimate of drug-likeness (QED) is 0.441. The molecule has 154 valence electrons. The van der Waals surface area contributed by atoms with Crippen LogP contribution < -0.4 is 0 Å². The first kappa shape index (κ1) is 20.8. The van der Waals surface area contributed by atoms with Crippen molar-refractivity contribution >= 4 is 11.8 Å². The Labute approximate surface area is 186 Å². The number of nitriles is 1. The zero-order valence-corrected chi connectivity index (χ0v) is 18.5. The minimum Gasteiger partial charge on any atom is -0.297 e. The second-order valence-electron chi connectivity index (χ2n) is 8.18. The minimum absolute atomic E-state index is 0.0888. The maximum Gasteiger partial charge on any atom is 0.198 e. The summed E-state index contributed by atoms with van der Waals surface area (Å²) in [7, 11) is 0. The van der Waals surface area contributed by atoms with Gasteiger partial charge in [-0.1, -0.05) is 75.4 Å². The largest absolute Gasteiger partial charge is 0.297 e. The number of nitrogens with zero attached hydrogens (tertiary/aromatic N) is 6. The molecule has 0 radical (unpaired) electrons. The molecule has 31 heavy (non-hydrogen) atoms. The van der Waals surface area contributed by atoms with E-state index in [0.29, 0.717) is 11.6 Å². The standard InChI is InChI=1S/C24H22N6S/c1-24(2,3)19-11-9-18(10-12-19)22-28-29-23(30(22)16-17-7-5-4-6-8-17)31-21-14-13-20(15-25)26-27-21/h4-14H,16H2,1-3H3. The van der Waals surface area contributed by atoms with Gasteiger partial charge in [0.25, 0.3) is 0 Å². The van der Waals surface area contributed by atoms with Crippen LogP contribution in [0.3, 0.4) is 0 Å². The first-order chi connectivity index (χ1) is 14.9. The van der Waals surface area contributed by atoms with Crippen molar-refractivity contribution in [1.82, 2.24) is 25.0 Å². The van der Waals surface area contributed by atoms with E-state index in [-0.39, 0.29) is 11.1 Å². The van der Waals surface area contributed by atoms with E-state index in [0.717, 1.165) is 22.1 Å². The fourth-order valence-corrected chi connectivity index (χ4v) is 3.88. The predicted molar refractivity (Wildman–Crippen MR) is 121 cm³/mol. The molecule has 0 spiro atoms. The predicted octanol–water partition coefficient (Wildman–Crippen LogP) is 5.10. The topological polar surface area (TPSA) is 80.3 Å². The van der Waals surface area contributed by atoms with Gasteiger partial charge in [-0.3, -0.25) is 4.57 Å². The Morgan fingerprint density at radius 1 is 0.871 bits per heavy atom. The third-order valence-electron chi connectivity index (χ3n) is 4.86. The van der Waals surface area contributed by atoms with Gasteiger partial charge >= 0.3 is 0 Å². The zero-order valence-electron chi connectivity index (χ0n) is 17.6. The molecule has 0 unspecified atom stereocenters. The van der Waals surface area contributed by atoms with E-state index in [4.69, 9.17) is 5.26 Å². The van der Waals surface area contributed by atoms with Crippen LogP contribution in [0.2, 0.25) is 0 Å². The fourth-order valence-electron chi connectivity index (χ4n) is 3.13. The molecule has 0 atom stereocenters. The molecular formula is C24H22N6S. The molecule has 0 fully saturated rings. The second kappa shape index (κ2) is 8.70. The molecule has 2 aromatic carbocycles. The normalized spacial score (nSPS) is 11.3. The summed E-state index contributed by atoms with van der Waals surface area (Å²) in [5.41, 5.74) is 3.81. The fraction of sp³-hybridized carbons (Fsp3) is 0.208. The van der Waals surface area contributed by atoms with Crippen LogP contribution in [0.1, 0.15) is 37.6 Å². The second-order valence-corrected chi connectivity index (χ2v) is 9.16. The molecule has 4 aromatic rings. The van der Waals surface area contributed by atoms with E-state index < -0.39 is 0 Å². The molecule has 2 heterocycles. The van der Waals surface area contributed by atoms with Crippen LogP contribution in [-0.2, 0) is 12.0 Å². The highest BCUT2D eigenvalue weighted by Crippen LogP contribution is 2.30. The van der Waals surface area contributed by atoms with Crippen molar-refractivity contribution < 1.29 is 0 Å². The Balaban J connectivity index is 1.71. The molecule has 0 N–H and O–H groups in total. The van der Waals surface area contributed by atoms with E-state index in [9.17, 15) is 0 Å². The summed E-state index contributed by atoms with van der Waals surface area (Å²) in [6.45, 7) is 7.24. The van der Waals surface area contributed by atoms with Crippen molar-refractivity contribution in [2.24, 2.45) is 0 Å². The summed E-state index contributed by atoms with van der Waals surface area (Å²) in [5.74, 6) is 0.799. The van der Waals surface area contributed by atoms with Crippen LogP contribution in [0, 0.1) is 11.3 Å². The molecule has 4 rings (SSSR count). The Morgan fingerprint density at radius 3 is 2.23 bits per heavy atom. The smallest absolute Gasteiger partial charge is 0.198 e. The molecule has 0 saturated heterocycles. The van der Waals surface area contributed by atoms with Gasteiger partial charge in [0.15, 0.2) is 16.7 Å². The van der Waals surface area contributed by atoms with E-state index in [1.807, 2.05) is 24.3 Å². The van der Waals surface area contributed by atoms with Crippen LogP contribution in [0.15, 0.2) is 76.9 Å². The van der Waals surface area contributed by atoms with Crippen molar-refractivity contribution in [1.29, 1.82) is 5.26 Å². The number of hydrogen-bond acceptors (Lipinski definition) is 6. The van der Waals surface area contributed by atoms with Crippen molar-refractivity contribution in [2.75, 3.05) is 0 Å². The van der Waals surface area contributed by atoms with Crippen molar-refractivity contribution in [2.45, 2.75) is 42.9 Å². The van der Waals surface area contributed by atoms with Crippen molar-refractivity contribution in [3.63, 3.8) is 0 Å². The summed E-state index contributed by atoms with van der Waals surface area (Å²) in [6.07, 6.45) is 0. The summed E-state index contributed by atoms with van der Waals surface area (Å²) in [6, 6.07) is 24.1. The van der Waals surface area contributed by atoms with E-state index in [2.05, 4.69) is 82.1 Å². The molecule has 0 amide bonds. The molecule has 0 aliphatic carbocycles. The van der Waals surface area contributed by atoms with Gasteiger partial charge < -0.3 is 0 Å². The first-order valence-corrected chi connectivity index (χ1v) is 10.8. The summed E-state index contributed by atoms with van der Waals surface area (Å²) in [4.78, 5) is 0. The average Bonchev–Trinajstić information content (AvgIpc) is 3.16. The average molecular weight is 427 g/mol. The Morgan fingerprint density at radius 2 is 1.61 bits per heavy atom. The van der Waals surface area contributed by atoms with Gasteiger partial charge in [-0.2, -0.15) is 5.26 Å². The molecule has 0 bridgehead atoms.